The van der Waals surface area contributed by atoms with Crippen molar-refractivity contribution in [1.29, 1.82) is 0 Å². The summed E-state index contributed by atoms with van der Waals surface area (Å²) < 4.78 is 7.15. The zero-order chi connectivity index (χ0) is 13.9. The quantitative estimate of drug-likeness (QED) is 0.721. The van der Waals surface area contributed by atoms with Gasteiger partial charge in [0.2, 0.25) is 0 Å². The molecule has 1 heterocycles. The van der Waals surface area contributed by atoms with Crippen LogP contribution >= 0.6 is 11.6 Å². The summed E-state index contributed by atoms with van der Waals surface area (Å²) in [6, 6.07) is 15.5. The lowest BCUT2D eigenvalue weighted by atomic mass is 10.1. The second kappa shape index (κ2) is 5.39. The molecule has 3 nitrogen and oxygen atoms in total. The standard InChI is InChI=1S/C16H13ClN2O/c1-20-16-8-3-2-7-15(16)19-11-13(10-18-19)12-5-4-6-14(17)9-12/h2-11H,1H3. The number of rotatable bonds is 3. The largest absolute Gasteiger partial charge is 0.494 e. The van der Waals surface area contributed by atoms with E-state index in [1.54, 1.807) is 11.8 Å². The van der Waals surface area contributed by atoms with Crippen LogP contribution in [0.4, 0.5) is 0 Å². The zero-order valence-electron chi connectivity index (χ0n) is 11.0. The van der Waals surface area contributed by atoms with Crippen LogP contribution in [-0.2, 0) is 0 Å². The van der Waals surface area contributed by atoms with Crippen molar-refractivity contribution in [2.45, 2.75) is 0 Å². The summed E-state index contributed by atoms with van der Waals surface area (Å²) in [5.74, 6) is 0.785. The molecule has 3 rings (SSSR count). The van der Waals surface area contributed by atoms with Crippen molar-refractivity contribution >= 4 is 11.6 Å². The maximum Gasteiger partial charge on any atom is 0.144 e. The molecule has 0 atom stereocenters. The molecule has 0 aliphatic heterocycles. The first kappa shape index (κ1) is 12.8. The van der Waals surface area contributed by atoms with Gasteiger partial charge in [-0.25, -0.2) is 4.68 Å². The zero-order valence-corrected chi connectivity index (χ0v) is 11.7. The summed E-state index contributed by atoms with van der Waals surface area (Å²) >= 11 is 6.02. The topological polar surface area (TPSA) is 27.1 Å². The number of ether oxygens (including phenoxy) is 1. The number of benzene rings is 2. The SMILES string of the molecule is COc1ccccc1-n1cc(-c2cccc(Cl)c2)cn1. The van der Waals surface area contributed by atoms with E-state index in [2.05, 4.69) is 5.10 Å². The van der Waals surface area contributed by atoms with Gasteiger partial charge in [-0.3, -0.25) is 0 Å². The van der Waals surface area contributed by atoms with Gasteiger partial charge in [0.15, 0.2) is 0 Å². The molecule has 20 heavy (non-hydrogen) atoms. The number of hydrogen-bond acceptors (Lipinski definition) is 2. The third kappa shape index (κ3) is 2.40. The van der Waals surface area contributed by atoms with Crippen molar-refractivity contribution in [2.24, 2.45) is 0 Å². The van der Waals surface area contributed by atoms with Crippen LogP contribution < -0.4 is 4.74 Å². The summed E-state index contributed by atoms with van der Waals surface area (Å²) in [6.07, 6.45) is 3.78. The number of hydrogen-bond donors (Lipinski definition) is 0. The molecule has 0 unspecified atom stereocenters. The highest BCUT2D eigenvalue weighted by atomic mass is 35.5. The number of aromatic nitrogens is 2. The van der Waals surface area contributed by atoms with Gasteiger partial charge in [0.05, 0.1) is 13.3 Å². The van der Waals surface area contributed by atoms with E-state index in [4.69, 9.17) is 16.3 Å². The molecule has 0 aliphatic rings. The molecular weight excluding hydrogens is 272 g/mol. The summed E-state index contributed by atoms with van der Waals surface area (Å²) in [5, 5.41) is 5.11. The third-order valence-corrected chi connectivity index (χ3v) is 3.31. The van der Waals surface area contributed by atoms with E-state index in [9.17, 15) is 0 Å². The van der Waals surface area contributed by atoms with E-state index >= 15 is 0 Å². The lowest BCUT2D eigenvalue weighted by Crippen LogP contribution is -1.97. The maximum atomic E-state index is 6.02. The highest BCUT2D eigenvalue weighted by Crippen LogP contribution is 2.26. The van der Waals surface area contributed by atoms with Crippen molar-refractivity contribution in [1.82, 2.24) is 9.78 Å². The van der Waals surface area contributed by atoms with Gasteiger partial charge in [0, 0.05) is 16.8 Å². The molecule has 0 N–H and O–H groups in total. The first-order valence-electron chi connectivity index (χ1n) is 6.22. The van der Waals surface area contributed by atoms with Crippen molar-refractivity contribution < 1.29 is 4.74 Å². The van der Waals surface area contributed by atoms with Crippen molar-refractivity contribution in [2.75, 3.05) is 7.11 Å². The Balaban J connectivity index is 2.02. The van der Waals surface area contributed by atoms with Crippen LogP contribution in [0.1, 0.15) is 0 Å². The van der Waals surface area contributed by atoms with Crippen molar-refractivity contribution in [3.63, 3.8) is 0 Å². The minimum Gasteiger partial charge on any atom is -0.494 e. The van der Waals surface area contributed by atoms with Gasteiger partial charge in [-0.1, -0.05) is 35.9 Å². The third-order valence-electron chi connectivity index (χ3n) is 3.07. The molecule has 0 saturated carbocycles. The fourth-order valence-corrected chi connectivity index (χ4v) is 2.28. The van der Waals surface area contributed by atoms with Crippen molar-refractivity contribution in [3.8, 4) is 22.6 Å². The number of methoxy groups -OCH3 is 1. The van der Waals surface area contributed by atoms with E-state index < -0.39 is 0 Å². The Kier molecular flexibility index (Phi) is 3.44. The van der Waals surface area contributed by atoms with Gasteiger partial charge >= 0.3 is 0 Å². The minimum atomic E-state index is 0.715. The van der Waals surface area contributed by atoms with Gasteiger partial charge in [-0.05, 0) is 29.8 Å². The highest BCUT2D eigenvalue weighted by molar-refractivity contribution is 6.30. The van der Waals surface area contributed by atoms with Crippen molar-refractivity contribution in [3.05, 3.63) is 65.9 Å². The number of nitrogens with zero attached hydrogens (tertiary/aromatic N) is 2. The van der Waals surface area contributed by atoms with Gasteiger partial charge in [0.25, 0.3) is 0 Å². The van der Waals surface area contributed by atoms with Gasteiger partial charge in [-0.2, -0.15) is 5.10 Å². The first-order chi connectivity index (χ1) is 9.78. The van der Waals surface area contributed by atoms with Crippen LogP contribution in [0.5, 0.6) is 5.75 Å². The van der Waals surface area contributed by atoms with E-state index in [-0.39, 0.29) is 0 Å². The normalized spacial score (nSPS) is 10.5. The van der Waals surface area contributed by atoms with Gasteiger partial charge in [0.1, 0.15) is 11.4 Å². The second-order valence-corrected chi connectivity index (χ2v) is 4.79. The molecule has 2 aromatic carbocycles. The average Bonchev–Trinajstić information content (AvgIpc) is 2.97. The molecule has 0 spiro atoms. The Bertz CT molecular complexity index is 737. The molecule has 0 fully saturated rings. The van der Waals surface area contributed by atoms with E-state index in [1.807, 2.05) is 60.9 Å². The Morgan fingerprint density at radius 2 is 1.90 bits per heavy atom. The van der Waals surface area contributed by atoms with Gasteiger partial charge in [-0.15, -0.1) is 0 Å². The Morgan fingerprint density at radius 1 is 1.05 bits per heavy atom. The predicted molar refractivity (Wildman–Crippen MR) is 80.6 cm³/mol. The maximum absolute atomic E-state index is 6.02. The summed E-state index contributed by atoms with van der Waals surface area (Å²) in [5.41, 5.74) is 2.96. The van der Waals surface area contributed by atoms with E-state index in [0.29, 0.717) is 5.02 Å². The average molecular weight is 285 g/mol. The van der Waals surface area contributed by atoms with Crippen LogP contribution in [0.2, 0.25) is 5.02 Å². The number of para-hydroxylation sites is 2. The minimum absolute atomic E-state index is 0.715. The molecule has 3 aromatic rings. The van der Waals surface area contributed by atoms with Crippen LogP contribution in [0.25, 0.3) is 16.8 Å². The Morgan fingerprint density at radius 3 is 2.70 bits per heavy atom. The highest BCUT2D eigenvalue weighted by Gasteiger charge is 2.07. The molecular formula is C16H13ClN2O. The summed E-state index contributed by atoms with van der Waals surface area (Å²) in [4.78, 5) is 0. The Labute approximate surface area is 122 Å². The smallest absolute Gasteiger partial charge is 0.144 e. The second-order valence-electron chi connectivity index (χ2n) is 4.36. The van der Waals surface area contributed by atoms with Crippen LogP contribution in [-0.4, -0.2) is 16.9 Å². The summed E-state index contributed by atoms with van der Waals surface area (Å²) in [6.45, 7) is 0. The molecule has 0 amide bonds. The van der Waals surface area contributed by atoms with Crippen LogP contribution in [0.3, 0.4) is 0 Å². The Hall–Kier alpha value is -2.26. The van der Waals surface area contributed by atoms with E-state index in [0.717, 1.165) is 22.6 Å². The lowest BCUT2D eigenvalue weighted by molar-refractivity contribution is 0.411. The molecule has 0 bridgehead atoms. The summed E-state index contributed by atoms with van der Waals surface area (Å²) in [7, 11) is 1.65. The lowest BCUT2D eigenvalue weighted by Gasteiger charge is -2.07. The molecule has 0 aliphatic carbocycles. The van der Waals surface area contributed by atoms with Gasteiger partial charge < -0.3 is 4.74 Å². The first-order valence-corrected chi connectivity index (χ1v) is 6.60. The van der Waals surface area contributed by atoms with Crippen LogP contribution in [0, 0.1) is 0 Å². The van der Waals surface area contributed by atoms with E-state index in [1.165, 1.54) is 0 Å². The molecule has 100 valence electrons. The van der Waals surface area contributed by atoms with Crippen LogP contribution in [0.15, 0.2) is 60.9 Å². The molecule has 0 saturated heterocycles. The monoisotopic (exact) mass is 284 g/mol. The molecule has 1 aromatic heterocycles. The predicted octanol–water partition coefficient (Wildman–Crippen LogP) is 4.20. The number of halogens is 1. The molecule has 0 radical (unpaired) electrons. The fourth-order valence-electron chi connectivity index (χ4n) is 2.09. The molecule has 4 heteroatoms. The fraction of sp³-hybridized carbons (Fsp3) is 0.0625.